The third-order valence-electron chi connectivity index (χ3n) is 4.49. The number of hydrogen-bond acceptors (Lipinski definition) is 6. The van der Waals surface area contributed by atoms with Crippen LogP contribution in [0.2, 0.25) is 0 Å². The van der Waals surface area contributed by atoms with Crippen molar-refractivity contribution in [2.45, 2.75) is 24.1 Å². The molecular formula is C19H23N3O4S3. The molecule has 0 saturated carbocycles. The van der Waals surface area contributed by atoms with Crippen molar-refractivity contribution in [2.24, 2.45) is 0 Å². The second-order valence-electron chi connectivity index (χ2n) is 6.60. The van der Waals surface area contributed by atoms with Gasteiger partial charge in [-0.3, -0.25) is 9.59 Å². The Morgan fingerprint density at radius 3 is 2.45 bits per heavy atom. The number of thiophene rings is 1. The summed E-state index contributed by atoms with van der Waals surface area (Å²) in [5.41, 5.74) is 0.915. The van der Waals surface area contributed by atoms with Crippen LogP contribution in [0.15, 0.2) is 40.6 Å². The predicted molar refractivity (Wildman–Crippen MR) is 117 cm³/mol. The van der Waals surface area contributed by atoms with Gasteiger partial charge in [0.25, 0.3) is 15.9 Å². The number of sulfonamides is 1. The van der Waals surface area contributed by atoms with E-state index in [9.17, 15) is 18.0 Å². The van der Waals surface area contributed by atoms with Crippen LogP contribution < -0.4 is 10.6 Å². The zero-order valence-electron chi connectivity index (χ0n) is 16.2. The van der Waals surface area contributed by atoms with E-state index in [1.807, 2.05) is 0 Å². The van der Waals surface area contributed by atoms with Gasteiger partial charge >= 0.3 is 0 Å². The fourth-order valence-corrected chi connectivity index (χ4v) is 6.93. The van der Waals surface area contributed by atoms with Crippen LogP contribution in [0.1, 0.15) is 22.2 Å². The lowest BCUT2D eigenvalue weighted by Gasteiger charge is -2.24. The summed E-state index contributed by atoms with van der Waals surface area (Å²) in [6.45, 7) is 4.34. The van der Waals surface area contributed by atoms with Gasteiger partial charge in [0.1, 0.15) is 10.3 Å². The molecule has 1 atom stereocenters. The topological polar surface area (TPSA) is 95.6 Å². The van der Waals surface area contributed by atoms with Gasteiger partial charge in [-0.05, 0) is 32.0 Å². The van der Waals surface area contributed by atoms with Crippen LogP contribution in [0.3, 0.4) is 0 Å². The maximum Gasteiger partial charge on any atom is 0.252 e. The minimum absolute atomic E-state index is 0.221. The van der Waals surface area contributed by atoms with Crippen LogP contribution in [0.5, 0.6) is 0 Å². The van der Waals surface area contributed by atoms with Crippen molar-refractivity contribution in [2.75, 3.05) is 29.9 Å². The molecule has 29 heavy (non-hydrogen) atoms. The largest absolute Gasteiger partial charge is 0.341 e. The molecule has 1 aliphatic heterocycles. The van der Waals surface area contributed by atoms with Crippen LogP contribution >= 0.6 is 23.1 Å². The summed E-state index contributed by atoms with van der Waals surface area (Å²) in [4.78, 5) is 25.4. The first kappa shape index (κ1) is 21.8. The molecule has 0 aliphatic carbocycles. The van der Waals surface area contributed by atoms with E-state index in [-0.39, 0.29) is 10.1 Å². The average molecular weight is 454 g/mol. The second kappa shape index (κ2) is 9.29. The highest BCUT2D eigenvalue weighted by molar-refractivity contribution is 7.99. The van der Waals surface area contributed by atoms with E-state index in [0.29, 0.717) is 29.2 Å². The summed E-state index contributed by atoms with van der Waals surface area (Å²) in [5.74, 6) is 0.812. The predicted octanol–water partition coefficient (Wildman–Crippen LogP) is 2.55. The highest BCUT2D eigenvalue weighted by Crippen LogP contribution is 2.32. The van der Waals surface area contributed by atoms with Crippen molar-refractivity contribution in [3.05, 3.63) is 46.8 Å². The van der Waals surface area contributed by atoms with Crippen molar-refractivity contribution in [1.29, 1.82) is 0 Å². The average Bonchev–Trinajstić information content (AvgIpc) is 3.10. The number of anilines is 1. The van der Waals surface area contributed by atoms with E-state index in [1.165, 1.54) is 10.4 Å². The molecule has 1 aromatic carbocycles. The van der Waals surface area contributed by atoms with Crippen LogP contribution in [-0.4, -0.2) is 55.2 Å². The number of nitrogens with zero attached hydrogens (tertiary/aromatic N) is 1. The number of rotatable bonds is 6. The van der Waals surface area contributed by atoms with E-state index in [0.717, 1.165) is 22.8 Å². The summed E-state index contributed by atoms with van der Waals surface area (Å²) in [5, 5.41) is 5.38. The number of carbonyl (C=O) groups is 2. The lowest BCUT2D eigenvalue weighted by Crippen LogP contribution is -2.41. The summed E-state index contributed by atoms with van der Waals surface area (Å²) in [6, 6.07) is 9.36. The minimum Gasteiger partial charge on any atom is -0.341 e. The first-order chi connectivity index (χ1) is 13.8. The molecular weight excluding hydrogens is 430 g/mol. The van der Waals surface area contributed by atoms with Crippen LogP contribution in [0.25, 0.3) is 0 Å². The Morgan fingerprint density at radius 1 is 1.14 bits per heavy atom. The van der Waals surface area contributed by atoms with E-state index in [1.54, 1.807) is 55.9 Å². The fraction of sp³-hybridized carbons (Fsp3) is 0.368. The Kier molecular flexibility index (Phi) is 6.99. The van der Waals surface area contributed by atoms with Crippen LogP contribution in [-0.2, 0) is 14.8 Å². The molecule has 2 amide bonds. The lowest BCUT2D eigenvalue weighted by molar-refractivity contribution is -0.117. The van der Waals surface area contributed by atoms with E-state index < -0.39 is 22.0 Å². The first-order valence-electron chi connectivity index (χ1n) is 9.14. The maximum atomic E-state index is 12.8. The number of aryl methyl sites for hydroxylation is 1. The van der Waals surface area contributed by atoms with Crippen molar-refractivity contribution < 1.29 is 18.0 Å². The van der Waals surface area contributed by atoms with Crippen molar-refractivity contribution in [3.8, 4) is 0 Å². The molecule has 0 spiro atoms. The van der Waals surface area contributed by atoms with Gasteiger partial charge in [0.2, 0.25) is 5.91 Å². The van der Waals surface area contributed by atoms with Crippen molar-refractivity contribution in [1.82, 2.24) is 9.62 Å². The molecule has 1 aromatic heterocycles. The molecule has 0 unspecified atom stereocenters. The summed E-state index contributed by atoms with van der Waals surface area (Å²) >= 11 is 2.88. The molecule has 7 nitrogen and oxygen atoms in total. The van der Waals surface area contributed by atoms with E-state index in [4.69, 9.17) is 0 Å². The Balaban J connectivity index is 1.67. The van der Waals surface area contributed by atoms with Crippen molar-refractivity contribution >= 4 is 50.6 Å². The fourth-order valence-electron chi connectivity index (χ4n) is 2.80. The second-order valence-corrected chi connectivity index (χ2v) is 11.2. The van der Waals surface area contributed by atoms with Gasteiger partial charge in [0.05, 0.1) is 5.69 Å². The molecule has 2 aromatic rings. The number of carbonyl (C=O) groups excluding carboxylic acids is 2. The van der Waals surface area contributed by atoms with Gasteiger partial charge in [-0.15, -0.1) is 11.3 Å². The summed E-state index contributed by atoms with van der Waals surface area (Å²) in [6.07, 6.45) is 0. The molecule has 1 aliphatic rings. The van der Waals surface area contributed by atoms with Gasteiger partial charge < -0.3 is 10.6 Å². The van der Waals surface area contributed by atoms with Crippen LogP contribution in [0, 0.1) is 6.92 Å². The molecule has 0 radical (unpaired) electrons. The molecule has 0 bridgehead atoms. The molecule has 156 valence electrons. The summed E-state index contributed by atoms with van der Waals surface area (Å²) in [7, 11) is -3.56. The van der Waals surface area contributed by atoms with E-state index >= 15 is 0 Å². The Morgan fingerprint density at radius 2 is 1.79 bits per heavy atom. The number of amides is 2. The van der Waals surface area contributed by atoms with Crippen molar-refractivity contribution in [3.63, 3.8) is 0 Å². The summed E-state index contributed by atoms with van der Waals surface area (Å²) < 4.78 is 27.4. The molecule has 1 saturated heterocycles. The van der Waals surface area contributed by atoms with Gasteiger partial charge in [0.15, 0.2) is 0 Å². The third kappa shape index (κ3) is 5.19. The minimum atomic E-state index is -3.56. The zero-order chi connectivity index (χ0) is 21.0. The SMILES string of the molecule is Cc1sc(S(=O)(=O)N2CCSCC2)cc1NC(=O)[C@@H](C)NC(=O)c1ccccc1. The third-order valence-corrected chi connectivity index (χ3v) is 8.83. The quantitative estimate of drug-likeness (QED) is 0.701. The molecule has 1 fully saturated rings. The van der Waals surface area contributed by atoms with Crippen LogP contribution in [0.4, 0.5) is 5.69 Å². The Labute approximate surface area is 178 Å². The molecule has 3 rings (SSSR count). The molecule has 10 heteroatoms. The van der Waals surface area contributed by atoms with Gasteiger partial charge in [-0.25, -0.2) is 8.42 Å². The van der Waals surface area contributed by atoms with E-state index in [2.05, 4.69) is 10.6 Å². The Bertz CT molecular complexity index is 983. The number of nitrogens with one attached hydrogen (secondary N) is 2. The molecule has 2 heterocycles. The molecule has 2 N–H and O–H groups in total. The number of hydrogen-bond donors (Lipinski definition) is 2. The Hall–Kier alpha value is -1.88. The smallest absolute Gasteiger partial charge is 0.252 e. The number of thioether (sulfide) groups is 1. The number of benzene rings is 1. The standard InChI is InChI=1S/C19H23N3O4S3/c1-13(20-19(24)15-6-4-3-5-7-15)18(23)21-16-12-17(28-14(16)2)29(25,26)22-8-10-27-11-9-22/h3-7,12-13H,8-11H2,1-2H3,(H,20,24)(H,21,23)/t13-/m1/s1. The maximum absolute atomic E-state index is 12.8. The van der Waals surface area contributed by atoms with Gasteiger partial charge in [-0.2, -0.15) is 16.1 Å². The normalized spacial score (nSPS) is 16.2. The monoisotopic (exact) mass is 453 g/mol. The van der Waals surface area contributed by atoms with Gasteiger partial charge in [-0.1, -0.05) is 18.2 Å². The lowest BCUT2D eigenvalue weighted by atomic mass is 10.2. The highest BCUT2D eigenvalue weighted by Gasteiger charge is 2.29. The first-order valence-corrected chi connectivity index (χ1v) is 12.6. The zero-order valence-corrected chi connectivity index (χ0v) is 18.6. The highest BCUT2D eigenvalue weighted by atomic mass is 32.2. The van der Waals surface area contributed by atoms with Gasteiger partial charge in [0, 0.05) is 35.0 Å².